The van der Waals surface area contributed by atoms with Crippen molar-refractivity contribution >= 4 is 15.9 Å². The van der Waals surface area contributed by atoms with Crippen molar-refractivity contribution in [2.75, 3.05) is 6.54 Å². The van der Waals surface area contributed by atoms with E-state index in [0.717, 1.165) is 22.9 Å². The van der Waals surface area contributed by atoms with E-state index in [1.807, 2.05) is 6.07 Å². The first kappa shape index (κ1) is 14.1. The fourth-order valence-corrected chi connectivity index (χ4v) is 3.30. The Morgan fingerprint density at radius 2 is 2.11 bits per heavy atom. The van der Waals surface area contributed by atoms with Crippen LogP contribution in [0.4, 0.5) is 0 Å². The number of halogens is 1. The minimum Gasteiger partial charge on any atom is -0.453 e. The van der Waals surface area contributed by atoms with Crippen LogP contribution in [0.1, 0.15) is 63.7 Å². The third kappa shape index (κ3) is 4.13. The Labute approximate surface area is 119 Å². The average Bonchev–Trinajstić information content (AvgIpc) is 2.82. The predicted octanol–water partition coefficient (Wildman–Crippen LogP) is 5.05. The van der Waals surface area contributed by atoms with Crippen LogP contribution in [-0.2, 0) is 0 Å². The molecule has 0 aliphatic heterocycles. The van der Waals surface area contributed by atoms with E-state index in [4.69, 9.17) is 4.42 Å². The fourth-order valence-electron chi connectivity index (χ4n) is 2.99. The number of nitrogens with one attached hydrogen (secondary N) is 1. The highest BCUT2D eigenvalue weighted by molar-refractivity contribution is 9.10. The van der Waals surface area contributed by atoms with Gasteiger partial charge in [-0.25, -0.2) is 0 Å². The molecule has 3 heteroatoms. The van der Waals surface area contributed by atoms with E-state index in [2.05, 4.69) is 34.2 Å². The molecular formula is C15H24BrNO. The molecule has 1 atom stereocenters. The van der Waals surface area contributed by atoms with Gasteiger partial charge in [-0.1, -0.05) is 39.0 Å². The van der Waals surface area contributed by atoms with Crippen molar-refractivity contribution in [3.05, 3.63) is 22.6 Å². The minimum absolute atomic E-state index is 0.378. The third-order valence-corrected chi connectivity index (χ3v) is 4.40. The molecule has 0 amide bonds. The molecule has 102 valence electrons. The van der Waals surface area contributed by atoms with Gasteiger partial charge in [-0.2, -0.15) is 0 Å². The first-order valence-corrected chi connectivity index (χ1v) is 8.07. The van der Waals surface area contributed by atoms with E-state index >= 15 is 0 Å². The van der Waals surface area contributed by atoms with E-state index in [0.29, 0.717) is 6.04 Å². The Kier molecular flexibility index (Phi) is 5.77. The molecule has 1 unspecified atom stereocenters. The van der Waals surface area contributed by atoms with Gasteiger partial charge in [-0.3, -0.25) is 0 Å². The predicted molar refractivity (Wildman–Crippen MR) is 78.6 cm³/mol. The molecule has 0 saturated heterocycles. The van der Waals surface area contributed by atoms with Crippen molar-refractivity contribution in [2.45, 2.75) is 57.9 Å². The van der Waals surface area contributed by atoms with Crippen molar-refractivity contribution < 1.29 is 4.42 Å². The second-order valence-electron chi connectivity index (χ2n) is 5.33. The second kappa shape index (κ2) is 7.34. The van der Waals surface area contributed by atoms with Crippen molar-refractivity contribution in [3.63, 3.8) is 0 Å². The van der Waals surface area contributed by atoms with Gasteiger partial charge >= 0.3 is 0 Å². The highest BCUT2D eigenvalue weighted by atomic mass is 79.9. The van der Waals surface area contributed by atoms with Crippen molar-refractivity contribution in [2.24, 2.45) is 5.92 Å². The van der Waals surface area contributed by atoms with E-state index < -0.39 is 0 Å². The van der Waals surface area contributed by atoms with Crippen LogP contribution in [0.5, 0.6) is 0 Å². The molecule has 1 aromatic heterocycles. The lowest BCUT2D eigenvalue weighted by Crippen LogP contribution is -2.21. The van der Waals surface area contributed by atoms with Crippen LogP contribution in [0.2, 0.25) is 0 Å². The van der Waals surface area contributed by atoms with Crippen LogP contribution in [0.25, 0.3) is 0 Å². The summed E-state index contributed by atoms with van der Waals surface area (Å²) in [4.78, 5) is 0. The first-order chi connectivity index (χ1) is 8.79. The standard InChI is InChI=1S/C15H24BrNO/c1-2-17-13(14-10-11-15(16)18-14)9-8-12-6-4-3-5-7-12/h10-13,17H,2-9H2,1H3. The molecule has 1 saturated carbocycles. The molecule has 0 spiro atoms. The zero-order chi connectivity index (χ0) is 12.8. The smallest absolute Gasteiger partial charge is 0.169 e. The highest BCUT2D eigenvalue weighted by Crippen LogP contribution is 2.31. The maximum absolute atomic E-state index is 5.69. The largest absolute Gasteiger partial charge is 0.453 e. The molecule has 0 aromatic carbocycles. The summed E-state index contributed by atoms with van der Waals surface area (Å²) >= 11 is 3.38. The van der Waals surface area contributed by atoms with Crippen LogP contribution in [0.15, 0.2) is 21.2 Å². The van der Waals surface area contributed by atoms with Crippen LogP contribution in [-0.4, -0.2) is 6.54 Å². The lowest BCUT2D eigenvalue weighted by Gasteiger charge is -2.23. The monoisotopic (exact) mass is 313 g/mol. The second-order valence-corrected chi connectivity index (χ2v) is 6.12. The lowest BCUT2D eigenvalue weighted by atomic mass is 9.85. The molecule has 18 heavy (non-hydrogen) atoms. The molecule has 1 aliphatic carbocycles. The molecule has 1 heterocycles. The number of rotatable bonds is 6. The fraction of sp³-hybridized carbons (Fsp3) is 0.733. The van der Waals surface area contributed by atoms with Gasteiger partial charge < -0.3 is 9.73 Å². The summed E-state index contributed by atoms with van der Waals surface area (Å²) in [5.74, 6) is 2.01. The molecule has 1 fully saturated rings. The van der Waals surface area contributed by atoms with Gasteiger partial charge in [0, 0.05) is 0 Å². The van der Waals surface area contributed by atoms with Crippen LogP contribution in [0.3, 0.4) is 0 Å². The molecular weight excluding hydrogens is 290 g/mol. The topological polar surface area (TPSA) is 25.2 Å². The van der Waals surface area contributed by atoms with Gasteiger partial charge in [-0.05, 0) is 53.4 Å². The minimum atomic E-state index is 0.378. The Morgan fingerprint density at radius 3 is 2.72 bits per heavy atom. The number of furan rings is 1. The number of hydrogen-bond acceptors (Lipinski definition) is 2. The SMILES string of the molecule is CCNC(CCC1CCCCC1)c1ccc(Br)o1. The van der Waals surface area contributed by atoms with Crippen molar-refractivity contribution in [3.8, 4) is 0 Å². The van der Waals surface area contributed by atoms with Gasteiger partial charge in [0.05, 0.1) is 6.04 Å². The number of hydrogen-bond donors (Lipinski definition) is 1. The molecule has 2 rings (SSSR count). The summed E-state index contributed by atoms with van der Waals surface area (Å²) in [6.07, 6.45) is 9.69. The Hall–Kier alpha value is -0.280. The van der Waals surface area contributed by atoms with Crippen LogP contribution < -0.4 is 5.32 Å². The van der Waals surface area contributed by atoms with Gasteiger partial charge in [0.2, 0.25) is 0 Å². The van der Waals surface area contributed by atoms with E-state index in [-0.39, 0.29) is 0 Å². The maximum atomic E-state index is 5.69. The highest BCUT2D eigenvalue weighted by Gasteiger charge is 2.18. The first-order valence-electron chi connectivity index (χ1n) is 7.28. The summed E-state index contributed by atoms with van der Waals surface area (Å²) in [5.41, 5.74) is 0. The molecule has 2 nitrogen and oxygen atoms in total. The van der Waals surface area contributed by atoms with Gasteiger partial charge in [0.15, 0.2) is 4.67 Å². The summed E-state index contributed by atoms with van der Waals surface area (Å²) in [6, 6.07) is 4.45. The van der Waals surface area contributed by atoms with Gasteiger partial charge in [0.1, 0.15) is 5.76 Å². The zero-order valence-corrected chi connectivity index (χ0v) is 12.8. The normalized spacial score (nSPS) is 19.0. The average molecular weight is 314 g/mol. The van der Waals surface area contributed by atoms with Gasteiger partial charge in [-0.15, -0.1) is 0 Å². The van der Waals surface area contributed by atoms with Crippen LogP contribution >= 0.6 is 15.9 Å². The molecule has 0 bridgehead atoms. The zero-order valence-electron chi connectivity index (χ0n) is 11.3. The third-order valence-electron chi connectivity index (χ3n) is 3.98. The summed E-state index contributed by atoms with van der Waals surface area (Å²) in [5, 5.41) is 3.54. The lowest BCUT2D eigenvalue weighted by molar-refractivity contribution is 0.301. The quantitative estimate of drug-likeness (QED) is 0.794. The van der Waals surface area contributed by atoms with E-state index in [9.17, 15) is 0 Å². The molecule has 1 N–H and O–H groups in total. The molecule has 0 radical (unpaired) electrons. The van der Waals surface area contributed by atoms with E-state index in [1.165, 1.54) is 44.9 Å². The summed E-state index contributed by atoms with van der Waals surface area (Å²) in [7, 11) is 0. The molecule has 1 aliphatic rings. The van der Waals surface area contributed by atoms with Gasteiger partial charge in [0.25, 0.3) is 0 Å². The summed E-state index contributed by atoms with van der Waals surface area (Å²) < 4.78 is 6.52. The van der Waals surface area contributed by atoms with E-state index in [1.54, 1.807) is 0 Å². The maximum Gasteiger partial charge on any atom is 0.169 e. The van der Waals surface area contributed by atoms with Crippen molar-refractivity contribution in [1.29, 1.82) is 0 Å². The van der Waals surface area contributed by atoms with Crippen LogP contribution in [0, 0.1) is 5.92 Å². The Bertz CT molecular complexity index is 344. The summed E-state index contributed by atoms with van der Waals surface area (Å²) in [6.45, 7) is 3.15. The van der Waals surface area contributed by atoms with Crippen molar-refractivity contribution in [1.82, 2.24) is 5.32 Å². The Morgan fingerprint density at radius 1 is 1.33 bits per heavy atom. The molecule has 1 aromatic rings. The Balaban J connectivity index is 1.85.